The van der Waals surface area contributed by atoms with Gasteiger partial charge in [-0.15, -0.1) is 0 Å². The van der Waals surface area contributed by atoms with Crippen molar-refractivity contribution in [3.8, 4) is 5.75 Å². The number of rotatable bonds is 7. The summed E-state index contributed by atoms with van der Waals surface area (Å²) in [6, 6.07) is 12.6. The van der Waals surface area contributed by atoms with E-state index in [2.05, 4.69) is 0 Å². The van der Waals surface area contributed by atoms with E-state index in [0.717, 1.165) is 5.75 Å². The van der Waals surface area contributed by atoms with Crippen LogP contribution in [0.25, 0.3) is 0 Å². The zero-order valence-electron chi connectivity index (χ0n) is 10.9. The van der Waals surface area contributed by atoms with Crippen molar-refractivity contribution in [2.45, 2.75) is 6.54 Å². The summed E-state index contributed by atoms with van der Waals surface area (Å²) in [7, 11) is 0. The van der Waals surface area contributed by atoms with Gasteiger partial charge in [0.25, 0.3) is 0 Å². The van der Waals surface area contributed by atoms with E-state index in [1.807, 2.05) is 30.3 Å². The number of esters is 1. The van der Waals surface area contributed by atoms with Crippen molar-refractivity contribution in [1.82, 2.24) is 4.57 Å². The van der Waals surface area contributed by atoms with Crippen LogP contribution in [-0.4, -0.2) is 30.0 Å². The number of para-hydroxylation sites is 1. The Kier molecular flexibility index (Phi) is 4.94. The molecule has 1 heterocycles. The van der Waals surface area contributed by atoms with Crippen LogP contribution < -0.4 is 4.74 Å². The molecule has 0 amide bonds. The van der Waals surface area contributed by atoms with Crippen LogP contribution in [0, 0.1) is 0 Å². The quantitative estimate of drug-likeness (QED) is 0.439. The molecule has 0 fully saturated rings. The Hall–Kier alpha value is -2.56. The predicted octanol–water partition coefficient (Wildman–Crippen LogP) is 1.92. The molecule has 0 saturated carbocycles. The zero-order valence-corrected chi connectivity index (χ0v) is 10.9. The Morgan fingerprint density at radius 1 is 1.10 bits per heavy atom. The lowest BCUT2D eigenvalue weighted by Gasteiger charge is -2.08. The highest BCUT2D eigenvalue weighted by molar-refractivity contribution is 5.75. The Balaban J connectivity index is 1.69. The highest BCUT2D eigenvalue weighted by Gasteiger charge is 2.07. The first kappa shape index (κ1) is 13.9. The Morgan fingerprint density at radius 3 is 2.65 bits per heavy atom. The molecular formula is C15H15NO4. The number of aldehydes is 1. The number of carbonyl (C=O) groups is 2. The summed E-state index contributed by atoms with van der Waals surface area (Å²) >= 11 is 0. The molecule has 20 heavy (non-hydrogen) atoms. The standard InChI is InChI=1S/C15H15NO4/c17-12-13-5-4-8-16(13)11-15(18)20-10-9-19-14-6-2-1-3-7-14/h1-8,12H,9-11H2. The minimum Gasteiger partial charge on any atom is -0.490 e. The van der Waals surface area contributed by atoms with Gasteiger partial charge in [-0.2, -0.15) is 0 Å². The van der Waals surface area contributed by atoms with Crippen LogP contribution in [0.4, 0.5) is 0 Å². The molecule has 0 radical (unpaired) electrons. The van der Waals surface area contributed by atoms with Gasteiger partial charge in [-0.3, -0.25) is 9.59 Å². The molecule has 104 valence electrons. The van der Waals surface area contributed by atoms with E-state index in [1.54, 1.807) is 18.3 Å². The third-order valence-corrected chi connectivity index (χ3v) is 2.64. The molecule has 0 unspecified atom stereocenters. The van der Waals surface area contributed by atoms with E-state index in [1.165, 1.54) is 4.57 Å². The van der Waals surface area contributed by atoms with E-state index in [0.29, 0.717) is 18.6 Å². The number of nitrogens with zero attached hydrogens (tertiary/aromatic N) is 1. The fourth-order valence-corrected chi connectivity index (χ4v) is 1.69. The Bertz CT molecular complexity index is 562. The number of hydrogen-bond acceptors (Lipinski definition) is 4. The van der Waals surface area contributed by atoms with Gasteiger partial charge in [0, 0.05) is 6.20 Å². The van der Waals surface area contributed by atoms with Crippen molar-refractivity contribution >= 4 is 12.3 Å². The monoisotopic (exact) mass is 273 g/mol. The van der Waals surface area contributed by atoms with Crippen LogP contribution in [-0.2, 0) is 16.1 Å². The molecule has 1 aromatic heterocycles. The molecule has 0 bridgehead atoms. The molecule has 0 aliphatic rings. The summed E-state index contributed by atoms with van der Waals surface area (Å²) < 4.78 is 12.0. The van der Waals surface area contributed by atoms with Gasteiger partial charge in [-0.05, 0) is 24.3 Å². The summed E-state index contributed by atoms with van der Waals surface area (Å²) in [5.41, 5.74) is 0.447. The second-order valence-electron chi connectivity index (χ2n) is 4.06. The molecule has 5 heteroatoms. The average Bonchev–Trinajstić information content (AvgIpc) is 2.92. The molecule has 0 saturated heterocycles. The predicted molar refractivity (Wildman–Crippen MR) is 72.7 cm³/mol. The van der Waals surface area contributed by atoms with Crippen LogP contribution in [0.5, 0.6) is 5.75 Å². The molecule has 0 spiro atoms. The van der Waals surface area contributed by atoms with Crippen LogP contribution in [0.1, 0.15) is 10.5 Å². The highest BCUT2D eigenvalue weighted by Crippen LogP contribution is 2.07. The van der Waals surface area contributed by atoms with Crippen molar-refractivity contribution in [3.05, 3.63) is 54.4 Å². The molecule has 1 aromatic carbocycles. The second kappa shape index (κ2) is 7.13. The van der Waals surface area contributed by atoms with Gasteiger partial charge in [-0.1, -0.05) is 18.2 Å². The van der Waals surface area contributed by atoms with Crippen molar-refractivity contribution in [1.29, 1.82) is 0 Å². The largest absolute Gasteiger partial charge is 0.490 e. The molecule has 5 nitrogen and oxygen atoms in total. The van der Waals surface area contributed by atoms with Crippen LogP contribution in [0.2, 0.25) is 0 Å². The maximum Gasteiger partial charge on any atom is 0.326 e. The third-order valence-electron chi connectivity index (χ3n) is 2.64. The molecule has 0 aliphatic carbocycles. The summed E-state index contributed by atoms with van der Waals surface area (Å²) in [6.07, 6.45) is 2.36. The van der Waals surface area contributed by atoms with E-state index < -0.39 is 5.97 Å². The SMILES string of the molecule is O=Cc1cccn1CC(=O)OCCOc1ccccc1. The normalized spacial score (nSPS) is 10.0. The van der Waals surface area contributed by atoms with Gasteiger partial charge in [0.05, 0.1) is 5.69 Å². The number of ether oxygens (including phenoxy) is 2. The molecule has 2 rings (SSSR count). The Labute approximate surface area is 116 Å². The van der Waals surface area contributed by atoms with Gasteiger partial charge in [0.15, 0.2) is 6.29 Å². The zero-order chi connectivity index (χ0) is 14.2. The number of benzene rings is 1. The molecule has 2 aromatic rings. The fraction of sp³-hybridized carbons (Fsp3) is 0.200. The minimum atomic E-state index is -0.402. The first-order valence-corrected chi connectivity index (χ1v) is 6.23. The van der Waals surface area contributed by atoms with E-state index >= 15 is 0 Å². The molecule has 0 N–H and O–H groups in total. The smallest absolute Gasteiger partial charge is 0.326 e. The summed E-state index contributed by atoms with van der Waals surface area (Å²) in [5, 5.41) is 0. The Morgan fingerprint density at radius 2 is 1.90 bits per heavy atom. The average molecular weight is 273 g/mol. The summed E-state index contributed by atoms with van der Waals surface area (Å²) in [5.74, 6) is 0.332. The van der Waals surface area contributed by atoms with E-state index in [-0.39, 0.29) is 13.2 Å². The van der Waals surface area contributed by atoms with Gasteiger partial charge in [0.1, 0.15) is 25.5 Å². The van der Waals surface area contributed by atoms with Crippen molar-refractivity contribution in [2.24, 2.45) is 0 Å². The summed E-state index contributed by atoms with van der Waals surface area (Å²) in [4.78, 5) is 22.3. The van der Waals surface area contributed by atoms with Gasteiger partial charge >= 0.3 is 5.97 Å². The number of carbonyl (C=O) groups excluding carboxylic acids is 2. The van der Waals surface area contributed by atoms with E-state index in [9.17, 15) is 9.59 Å². The number of aromatic nitrogens is 1. The first-order valence-electron chi connectivity index (χ1n) is 6.23. The maximum atomic E-state index is 11.6. The van der Waals surface area contributed by atoms with Gasteiger partial charge < -0.3 is 14.0 Å². The van der Waals surface area contributed by atoms with Crippen molar-refractivity contribution in [2.75, 3.05) is 13.2 Å². The lowest BCUT2D eigenvalue weighted by Crippen LogP contribution is -2.17. The fourth-order valence-electron chi connectivity index (χ4n) is 1.69. The molecule has 0 atom stereocenters. The van der Waals surface area contributed by atoms with Crippen LogP contribution >= 0.6 is 0 Å². The minimum absolute atomic E-state index is 0.0202. The maximum absolute atomic E-state index is 11.6. The lowest BCUT2D eigenvalue weighted by molar-refractivity contribution is -0.145. The molecule has 0 aliphatic heterocycles. The van der Waals surface area contributed by atoms with Gasteiger partial charge in [0.2, 0.25) is 0 Å². The lowest BCUT2D eigenvalue weighted by atomic mass is 10.3. The topological polar surface area (TPSA) is 57.5 Å². The number of hydrogen-bond donors (Lipinski definition) is 0. The van der Waals surface area contributed by atoms with Crippen LogP contribution in [0.15, 0.2) is 48.7 Å². The summed E-state index contributed by atoms with van der Waals surface area (Å²) in [6.45, 7) is 0.486. The highest BCUT2D eigenvalue weighted by atomic mass is 16.6. The van der Waals surface area contributed by atoms with E-state index in [4.69, 9.17) is 9.47 Å². The molecular weight excluding hydrogens is 258 g/mol. The first-order chi connectivity index (χ1) is 9.79. The van der Waals surface area contributed by atoms with Crippen molar-refractivity contribution < 1.29 is 19.1 Å². The third kappa shape index (κ3) is 3.98. The van der Waals surface area contributed by atoms with Crippen LogP contribution in [0.3, 0.4) is 0 Å². The van der Waals surface area contributed by atoms with Gasteiger partial charge in [-0.25, -0.2) is 0 Å². The second-order valence-corrected chi connectivity index (χ2v) is 4.06. The van der Waals surface area contributed by atoms with Crippen molar-refractivity contribution in [3.63, 3.8) is 0 Å².